The largest absolute Gasteiger partial charge is 0.480 e. The normalized spacial score (nSPS) is 20.2. The highest BCUT2D eigenvalue weighted by Gasteiger charge is 2.45. The first-order valence-electron chi connectivity index (χ1n) is 5.15. The Morgan fingerprint density at radius 2 is 2.07 bits per heavy atom. The predicted molar refractivity (Wildman–Crippen MR) is 55.2 cm³/mol. The number of amides is 1. The Kier molecular flexibility index (Phi) is 3.34. The molecule has 1 aliphatic carbocycles. The van der Waals surface area contributed by atoms with Gasteiger partial charge in [0.2, 0.25) is 5.91 Å². The van der Waals surface area contributed by atoms with Crippen LogP contribution < -0.4 is 5.73 Å². The minimum absolute atomic E-state index is 0.133. The Morgan fingerprint density at radius 1 is 1.53 bits per heavy atom. The number of carboxylic acid groups (broad SMARTS) is 1. The Hall–Kier alpha value is -1.10. The maximum atomic E-state index is 12.0. The maximum Gasteiger partial charge on any atom is 0.326 e. The predicted octanol–water partition coefficient (Wildman–Crippen LogP) is 0.0469. The number of carbonyl (C=O) groups excluding carboxylic acids is 1. The van der Waals surface area contributed by atoms with E-state index in [4.69, 9.17) is 10.8 Å². The Labute approximate surface area is 89.2 Å². The fourth-order valence-electron chi connectivity index (χ4n) is 1.82. The summed E-state index contributed by atoms with van der Waals surface area (Å²) in [5.41, 5.74) is 5.10. The van der Waals surface area contributed by atoms with Crippen LogP contribution in [0.4, 0.5) is 0 Å². The van der Waals surface area contributed by atoms with Gasteiger partial charge in [-0.3, -0.25) is 4.79 Å². The first kappa shape index (κ1) is 12.0. The van der Waals surface area contributed by atoms with Gasteiger partial charge in [0, 0.05) is 13.6 Å². The zero-order valence-corrected chi connectivity index (χ0v) is 9.19. The van der Waals surface area contributed by atoms with Crippen molar-refractivity contribution in [2.24, 2.45) is 11.1 Å². The molecule has 1 atom stereocenters. The molecule has 0 aromatic heterocycles. The second-order valence-electron chi connectivity index (χ2n) is 4.27. The molecule has 0 aromatic rings. The molecule has 1 saturated carbocycles. The highest BCUT2D eigenvalue weighted by Crippen LogP contribution is 2.41. The Morgan fingerprint density at radius 3 is 2.33 bits per heavy atom. The van der Waals surface area contributed by atoms with E-state index in [1.165, 1.54) is 18.9 Å². The van der Waals surface area contributed by atoms with Gasteiger partial charge >= 0.3 is 5.97 Å². The summed E-state index contributed by atoms with van der Waals surface area (Å²) >= 11 is 0. The van der Waals surface area contributed by atoms with E-state index in [1.807, 2.05) is 0 Å². The summed E-state index contributed by atoms with van der Waals surface area (Å²) in [5.74, 6) is -1.12. The highest BCUT2D eigenvalue weighted by atomic mass is 16.4. The number of nitrogens with zero attached hydrogens (tertiary/aromatic N) is 1. The molecule has 0 aliphatic heterocycles. The van der Waals surface area contributed by atoms with Gasteiger partial charge in [0.25, 0.3) is 0 Å². The van der Waals surface area contributed by atoms with Gasteiger partial charge in [0.15, 0.2) is 0 Å². The van der Waals surface area contributed by atoms with Crippen LogP contribution in [0.15, 0.2) is 0 Å². The lowest BCUT2D eigenvalue weighted by atomic mass is 9.67. The summed E-state index contributed by atoms with van der Waals surface area (Å²) in [6.45, 7) is 1.81. The minimum Gasteiger partial charge on any atom is -0.480 e. The smallest absolute Gasteiger partial charge is 0.326 e. The molecule has 0 bridgehead atoms. The highest BCUT2D eigenvalue weighted by molar-refractivity contribution is 5.88. The number of carbonyl (C=O) groups is 2. The second-order valence-corrected chi connectivity index (χ2v) is 4.27. The van der Waals surface area contributed by atoms with Crippen molar-refractivity contribution in [3.05, 3.63) is 0 Å². The van der Waals surface area contributed by atoms with Crippen LogP contribution in [0.5, 0.6) is 0 Å². The van der Waals surface area contributed by atoms with Crippen LogP contribution in [0, 0.1) is 5.41 Å². The van der Waals surface area contributed by atoms with Gasteiger partial charge in [0.05, 0.1) is 5.41 Å². The van der Waals surface area contributed by atoms with Crippen molar-refractivity contribution in [1.29, 1.82) is 0 Å². The van der Waals surface area contributed by atoms with E-state index in [2.05, 4.69) is 0 Å². The lowest BCUT2D eigenvalue weighted by Gasteiger charge is -2.42. The molecule has 0 radical (unpaired) electrons. The first-order valence-corrected chi connectivity index (χ1v) is 5.15. The number of hydrogen-bond acceptors (Lipinski definition) is 3. The number of nitrogens with two attached hydrogens (primary N) is 1. The number of likely N-dealkylation sites (N-methyl/N-ethyl adjacent to an activating group) is 1. The third kappa shape index (κ3) is 1.97. The number of hydrogen-bond donors (Lipinski definition) is 2. The average molecular weight is 214 g/mol. The minimum atomic E-state index is -0.989. The lowest BCUT2D eigenvalue weighted by Crippen LogP contribution is -2.54. The number of aliphatic carboxylic acids is 1. The molecular formula is C10H18N2O3. The average Bonchev–Trinajstić information content (AvgIpc) is 2.14. The molecule has 0 aromatic carbocycles. The third-order valence-corrected chi connectivity index (χ3v) is 3.41. The molecule has 0 heterocycles. The zero-order valence-electron chi connectivity index (χ0n) is 9.19. The molecular weight excluding hydrogens is 196 g/mol. The lowest BCUT2D eigenvalue weighted by molar-refractivity contribution is -0.155. The Bertz CT molecular complexity index is 268. The number of carboxylic acids is 1. The molecule has 1 rings (SSSR count). The summed E-state index contributed by atoms with van der Waals surface area (Å²) in [4.78, 5) is 24.0. The van der Waals surface area contributed by atoms with E-state index in [0.29, 0.717) is 6.54 Å². The number of rotatable bonds is 4. The second kappa shape index (κ2) is 4.18. The molecule has 0 saturated heterocycles. The van der Waals surface area contributed by atoms with Crippen LogP contribution in [0.3, 0.4) is 0 Å². The Balaban J connectivity index is 2.71. The van der Waals surface area contributed by atoms with Crippen LogP contribution in [0.2, 0.25) is 0 Å². The fourth-order valence-corrected chi connectivity index (χ4v) is 1.82. The molecule has 1 aliphatic rings. The summed E-state index contributed by atoms with van der Waals surface area (Å²) in [6.07, 6.45) is 2.55. The topological polar surface area (TPSA) is 83.6 Å². The van der Waals surface area contributed by atoms with E-state index in [9.17, 15) is 9.59 Å². The van der Waals surface area contributed by atoms with Crippen molar-refractivity contribution in [2.75, 3.05) is 13.6 Å². The standard InChI is InChI=1S/C10H18N2O3/c1-7(8(13)14)12(2)9(15)10(6-11)4-3-5-10/h7H,3-6,11H2,1-2H3,(H,13,14). The van der Waals surface area contributed by atoms with Gasteiger partial charge in [-0.15, -0.1) is 0 Å². The molecule has 5 nitrogen and oxygen atoms in total. The van der Waals surface area contributed by atoms with Gasteiger partial charge in [-0.25, -0.2) is 4.79 Å². The molecule has 15 heavy (non-hydrogen) atoms. The van der Waals surface area contributed by atoms with Crippen molar-refractivity contribution < 1.29 is 14.7 Å². The van der Waals surface area contributed by atoms with Gasteiger partial charge < -0.3 is 15.7 Å². The van der Waals surface area contributed by atoms with Gasteiger partial charge in [-0.05, 0) is 19.8 Å². The third-order valence-electron chi connectivity index (χ3n) is 3.41. The SMILES string of the molecule is CC(C(=O)O)N(C)C(=O)C1(CN)CCC1. The fraction of sp³-hybridized carbons (Fsp3) is 0.800. The monoisotopic (exact) mass is 214 g/mol. The van der Waals surface area contributed by atoms with Crippen LogP contribution in [0.25, 0.3) is 0 Å². The van der Waals surface area contributed by atoms with Crippen molar-refractivity contribution in [3.63, 3.8) is 0 Å². The van der Waals surface area contributed by atoms with E-state index in [0.717, 1.165) is 19.3 Å². The van der Waals surface area contributed by atoms with E-state index in [1.54, 1.807) is 0 Å². The van der Waals surface area contributed by atoms with E-state index >= 15 is 0 Å². The summed E-state index contributed by atoms with van der Waals surface area (Å²) in [6, 6.07) is -0.790. The van der Waals surface area contributed by atoms with Crippen molar-refractivity contribution in [1.82, 2.24) is 4.90 Å². The molecule has 1 unspecified atom stereocenters. The molecule has 3 N–H and O–H groups in total. The van der Waals surface area contributed by atoms with Crippen LogP contribution in [-0.2, 0) is 9.59 Å². The summed E-state index contributed by atoms with van der Waals surface area (Å²) in [7, 11) is 1.52. The van der Waals surface area contributed by atoms with E-state index < -0.39 is 17.4 Å². The van der Waals surface area contributed by atoms with Crippen molar-refractivity contribution in [2.45, 2.75) is 32.2 Å². The van der Waals surface area contributed by atoms with Crippen molar-refractivity contribution in [3.8, 4) is 0 Å². The summed E-state index contributed by atoms with van der Waals surface area (Å²) in [5, 5.41) is 8.81. The van der Waals surface area contributed by atoms with Crippen LogP contribution >= 0.6 is 0 Å². The first-order chi connectivity index (χ1) is 6.94. The molecule has 0 spiro atoms. The summed E-state index contributed by atoms with van der Waals surface area (Å²) < 4.78 is 0. The van der Waals surface area contributed by atoms with E-state index in [-0.39, 0.29) is 5.91 Å². The van der Waals surface area contributed by atoms with Crippen LogP contribution in [-0.4, -0.2) is 41.5 Å². The van der Waals surface area contributed by atoms with Crippen LogP contribution in [0.1, 0.15) is 26.2 Å². The molecule has 1 amide bonds. The molecule has 5 heteroatoms. The molecule has 1 fully saturated rings. The van der Waals surface area contributed by atoms with Gasteiger partial charge in [-0.1, -0.05) is 6.42 Å². The van der Waals surface area contributed by atoms with Gasteiger partial charge in [-0.2, -0.15) is 0 Å². The van der Waals surface area contributed by atoms with Crippen molar-refractivity contribution >= 4 is 11.9 Å². The maximum absolute atomic E-state index is 12.0. The molecule has 86 valence electrons. The van der Waals surface area contributed by atoms with Gasteiger partial charge in [0.1, 0.15) is 6.04 Å². The zero-order chi connectivity index (χ0) is 11.6. The quantitative estimate of drug-likeness (QED) is 0.692.